The molecule has 1 amide bonds. The van der Waals surface area contributed by atoms with E-state index in [1.165, 1.54) is 0 Å². The molecule has 0 saturated carbocycles. The number of rotatable bonds is 3. The van der Waals surface area contributed by atoms with Gasteiger partial charge >= 0.3 is 0 Å². The van der Waals surface area contributed by atoms with E-state index in [1.807, 2.05) is 0 Å². The van der Waals surface area contributed by atoms with Gasteiger partial charge in [-0.3, -0.25) is 15.0 Å². The molecule has 3 unspecified atom stereocenters. The van der Waals surface area contributed by atoms with Crippen LogP contribution in [0, 0.1) is 11.8 Å². The molecule has 0 radical (unpaired) electrons. The highest BCUT2D eigenvalue weighted by Crippen LogP contribution is 2.31. The van der Waals surface area contributed by atoms with Crippen LogP contribution in [0.4, 0.5) is 5.95 Å². The zero-order valence-electron chi connectivity index (χ0n) is 11.0. The van der Waals surface area contributed by atoms with Gasteiger partial charge in [0.05, 0.1) is 6.54 Å². The van der Waals surface area contributed by atoms with Crippen molar-refractivity contribution >= 4 is 11.9 Å². The summed E-state index contributed by atoms with van der Waals surface area (Å²) in [6.07, 6.45) is 3.24. The van der Waals surface area contributed by atoms with Crippen molar-refractivity contribution in [2.45, 2.75) is 13.0 Å². The maximum Gasteiger partial charge on any atom is 0.240 e. The van der Waals surface area contributed by atoms with Gasteiger partial charge < -0.3 is 5.32 Å². The van der Waals surface area contributed by atoms with Gasteiger partial charge in [-0.15, -0.1) is 0 Å². The van der Waals surface area contributed by atoms with Gasteiger partial charge in [-0.1, -0.05) is 0 Å². The Kier molecular flexibility index (Phi) is 3.44. The largest absolute Gasteiger partial charge is 0.316 e. The normalized spacial score (nSPS) is 30.3. The maximum absolute atomic E-state index is 12.0. The number of nitrogens with zero attached hydrogens (tertiary/aromatic N) is 3. The first-order chi connectivity index (χ1) is 9.24. The van der Waals surface area contributed by atoms with Crippen LogP contribution in [0.25, 0.3) is 0 Å². The van der Waals surface area contributed by atoms with Crippen LogP contribution in [-0.2, 0) is 4.79 Å². The van der Waals surface area contributed by atoms with E-state index in [2.05, 4.69) is 32.4 Å². The van der Waals surface area contributed by atoms with Crippen molar-refractivity contribution in [2.24, 2.45) is 11.8 Å². The number of aromatic nitrogens is 2. The molecule has 2 aliphatic heterocycles. The predicted molar refractivity (Wildman–Crippen MR) is 71.5 cm³/mol. The molecule has 2 aliphatic rings. The van der Waals surface area contributed by atoms with Crippen LogP contribution in [0.5, 0.6) is 0 Å². The monoisotopic (exact) mass is 261 g/mol. The third-order valence-electron chi connectivity index (χ3n) is 4.22. The Labute approximate surface area is 112 Å². The van der Waals surface area contributed by atoms with Gasteiger partial charge in [0, 0.05) is 25.0 Å². The lowest BCUT2D eigenvalue weighted by atomic mass is 9.95. The van der Waals surface area contributed by atoms with Crippen LogP contribution in [-0.4, -0.2) is 53.0 Å². The summed E-state index contributed by atoms with van der Waals surface area (Å²) in [6, 6.07) is 2.19. The van der Waals surface area contributed by atoms with Gasteiger partial charge in [0.1, 0.15) is 0 Å². The van der Waals surface area contributed by atoms with Gasteiger partial charge in [0.15, 0.2) is 0 Å². The van der Waals surface area contributed by atoms with Gasteiger partial charge in [-0.2, -0.15) is 0 Å². The first-order valence-electron chi connectivity index (χ1n) is 6.75. The number of fused-ring (bicyclic) bond motifs is 1. The SMILES string of the molecule is CC1C2CNCC2CN1CC(=O)Nc1ncccn1. The number of anilines is 1. The fourth-order valence-electron chi connectivity index (χ4n) is 3.18. The van der Waals surface area contributed by atoms with Crippen LogP contribution in [0.1, 0.15) is 6.92 Å². The minimum Gasteiger partial charge on any atom is -0.316 e. The molecule has 1 aromatic rings. The lowest BCUT2D eigenvalue weighted by Crippen LogP contribution is -2.39. The molecule has 0 bridgehead atoms. The van der Waals surface area contributed by atoms with Gasteiger partial charge in [0.25, 0.3) is 0 Å². The van der Waals surface area contributed by atoms with Crippen LogP contribution in [0.15, 0.2) is 18.5 Å². The van der Waals surface area contributed by atoms with Crippen molar-refractivity contribution in [1.29, 1.82) is 0 Å². The standard InChI is InChI=1S/C13H19N5O/c1-9-11-6-14-5-10(11)7-18(9)8-12(19)17-13-15-3-2-4-16-13/h2-4,9-11,14H,5-8H2,1H3,(H,15,16,17,19). The molecule has 3 heterocycles. The fraction of sp³-hybridized carbons (Fsp3) is 0.615. The molecular weight excluding hydrogens is 242 g/mol. The highest BCUT2D eigenvalue weighted by Gasteiger charge is 2.42. The van der Waals surface area contributed by atoms with Crippen LogP contribution in [0.3, 0.4) is 0 Å². The molecule has 19 heavy (non-hydrogen) atoms. The highest BCUT2D eigenvalue weighted by molar-refractivity contribution is 5.90. The Morgan fingerprint density at radius 2 is 2.26 bits per heavy atom. The second-order valence-electron chi connectivity index (χ2n) is 5.37. The second-order valence-corrected chi connectivity index (χ2v) is 5.37. The fourth-order valence-corrected chi connectivity index (χ4v) is 3.18. The Hall–Kier alpha value is -1.53. The molecule has 6 heteroatoms. The molecule has 0 aromatic carbocycles. The number of amides is 1. The average molecular weight is 261 g/mol. The molecule has 0 spiro atoms. The van der Waals surface area contributed by atoms with E-state index in [9.17, 15) is 4.79 Å². The summed E-state index contributed by atoms with van der Waals surface area (Å²) in [6.45, 7) is 5.79. The van der Waals surface area contributed by atoms with Crippen molar-refractivity contribution in [3.8, 4) is 0 Å². The number of hydrogen-bond acceptors (Lipinski definition) is 5. The van der Waals surface area contributed by atoms with Gasteiger partial charge in [0.2, 0.25) is 11.9 Å². The first-order valence-corrected chi connectivity index (χ1v) is 6.75. The molecule has 3 atom stereocenters. The molecule has 3 rings (SSSR count). The van der Waals surface area contributed by atoms with Crippen LogP contribution in [0.2, 0.25) is 0 Å². The van der Waals surface area contributed by atoms with Gasteiger partial charge in [-0.25, -0.2) is 9.97 Å². The summed E-state index contributed by atoms with van der Waals surface area (Å²) < 4.78 is 0. The van der Waals surface area contributed by atoms with Gasteiger partial charge in [-0.05, 0) is 37.9 Å². The average Bonchev–Trinajstić information content (AvgIpc) is 2.96. The summed E-state index contributed by atoms with van der Waals surface area (Å²) in [7, 11) is 0. The Bertz CT molecular complexity index is 452. The van der Waals surface area contributed by atoms with E-state index in [0.29, 0.717) is 30.4 Å². The molecule has 0 aliphatic carbocycles. The summed E-state index contributed by atoms with van der Waals surface area (Å²) in [5.41, 5.74) is 0. The zero-order valence-corrected chi connectivity index (χ0v) is 11.0. The van der Waals surface area contributed by atoms with E-state index in [0.717, 1.165) is 19.6 Å². The second kappa shape index (κ2) is 5.22. The Morgan fingerprint density at radius 1 is 1.47 bits per heavy atom. The summed E-state index contributed by atoms with van der Waals surface area (Å²) in [5, 5.41) is 6.16. The Balaban J connectivity index is 1.56. The van der Waals surface area contributed by atoms with E-state index >= 15 is 0 Å². The molecule has 1 aromatic heterocycles. The summed E-state index contributed by atoms with van der Waals surface area (Å²) in [4.78, 5) is 22.2. The lowest BCUT2D eigenvalue weighted by molar-refractivity contribution is -0.117. The molecule has 2 fully saturated rings. The zero-order chi connectivity index (χ0) is 13.2. The number of nitrogens with one attached hydrogen (secondary N) is 2. The highest BCUT2D eigenvalue weighted by atomic mass is 16.2. The van der Waals surface area contributed by atoms with Crippen molar-refractivity contribution in [1.82, 2.24) is 20.2 Å². The van der Waals surface area contributed by atoms with E-state index in [4.69, 9.17) is 0 Å². The summed E-state index contributed by atoms with van der Waals surface area (Å²) >= 11 is 0. The predicted octanol–water partition coefficient (Wildman–Crippen LogP) is -0.0452. The molecule has 2 N–H and O–H groups in total. The lowest BCUT2D eigenvalue weighted by Gasteiger charge is -2.23. The topological polar surface area (TPSA) is 70.2 Å². The molecular formula is C13H19N5O. The third kappa shape index (κ3) is 2.59. The molecule has 6 nitrogen and oxygen atoms in total. The quantitative estimate of drug-likeness (QED) is 0.798. The van der Waals surface area contributed by atoms with Crippen LogP contribution < -0.4 is 10.6 Å². The van der Waals surface area contributed by atoms with Crippen molar-refractivity contribution in [2.75, 3.05) is 31.5 Å². The van der Waals surface area contributed by atoms with E-state index < -0.39 is 0 Å². The number of hydrogen-bond donors (Lipinski definition) is 2. The Morgan fingerprint density at radius 3 is 3.00 bits per heavy atom. The minimum absolute atomic E-state index is 0.0361. The maximum atomic E-state index is 12.0. The minimum atomic E-state index is -0.0361. The molecule has 102 valence electrons. The number of carbonyl (C=O) groups is 1. The smallest absolute Gasteiger partial charge is 0.240 e. The first kappa shape index (κ1) is 12.5. The van der Waals surface area contributed by atoms with Crippen molar-refractivity contribution < 1.29 is 4.79 Å². The van der Waals surface area contributed by atoms with Crippen molar-refractivity contribution in [3.63, 3.8) is 0 Å². The van der Waals surface area contributed by atoms with Crippen LogP contribution >= 0.6 is 0 Å². The van der Waals surface area contributed by atoms with E-state index in [1.54, 1.807) is 18.5 Å². The molecule has 2 saturated heterocycles. The third-order valence-corrected chi connectivity index (χ3v) is 4.22. The summed E-state index contributed by atoms with van der Waals surface area (Å²) in [5.74, 6) is 1.71. The van der Waals surface area contributed by atoms with Crippen molar-refractivity contribution in [3.05, 3.63) is 18.5 Å². The number of likely N-dealkylation sites (tertiary alicyclic amines) is 1. The van der Waals surface area contributed by atoms with E-state index in [-0.39, 0.29) is 5.91 Å². The number of carbonyl (C=O) groups excluding carboxylic acids is 1.